The van der Waals surface area contributed by atoms with Gasteiger partial charge in [-0.2, -0.15) is 4.68 Å². The lowest BCUT2D eigenvalue weighted by molar-refractivity contribution is 0.152. The van der Waals surface area contributed by atoms with Gasteiger partial charge in [0.2, 0.25) is 0 Å². The van der Waals surface area contributed by atoms with Gasteiger partial charge in [-0.15, -0.1) is 5.10 Å². The molecule has 0 spiro atoms. The number of aliphatic hydroxyl groups excluding tert-OH is 1. The Morgan fingerprint density at radius 1 is 1.19 bits per heavy atom. The van der Waals surface area contributed by atoms with Gasteiger partial charge in [0.15, 0.2) is 5.82 Å². The Labute approximate surface area is 124 Å². The van der Waals surface area contributed by atoms with Crippen molar-refractivity contribution in [3.05, 3.63) is 36.2 Å². The third-order valence-corrected chi connectivity index (χ3v) is 4.20. The van der Waals surface area contributed by atoms with Crippen molar-refractivity contribution in [1.29, 1.82) is 0 Å². The predicted molar refractivity (Wildman–Crippen MR) is 78.8 cm³/mol. The molecule has 0 amide bonds. The third-order valence-electron chi connectivity index (χ3n) is 4.20. The summed E-state index contributed by atoms with van der Waals surface area (Å²) in [6, 6.07) is 10.2. The summed E-state index contributed by atoms with van der Waals surface area (Å²) >= 11 is 0. The lowest BCUT2D eigenvalue weighted by Gasteiger charge is -2.30. The third kappa shape index (κ3) is 3.28. The van der Waals surface area contributed by atoms with Gasteiger partial charge < -0.3 is 10.4 Å². The van der Waals surface area contributed by atoms with Gasteiger partial charge in [0.05, 0.1) is 12.2 Å². The van der Waals surface area contributed by atoms with E-state index in [1.165, 1.54) is 12.8 Å². The summed E-state index contributed by atoms with van der Waals surface area (Å²) in [5, 5.41) is 24.9. The van der Waals surface area contributed by atoms with Crippen LogP contribution < -0.4 is 5.32 Å². The van der Waals surface area contributed by atoms with Crippen molar-refractivity contribution < 1.29 is 5.11 Å². The number of nitrogens with one attached hydrogen (secondary N) is 1. The molecule has 6 nitrogen and oxygen atoms in total. The number of aromatic nitrogens is 4. The highest BCUT2D eigenvalue weighted by Crippen LogP contribution is 2.24. The van der Waals surface area contributed by atoms with E-state index < -0.39 is 0 Å². The molecular weight excluding hydrogens is 266 g/mol. The Hall–Kier alpha value is -1.79. The van der Waals surface area contributed by atoms with Gasteiger partial charge in [0, 0.05) is 12.6 Å². The molecule has 3 rings (SSSR count). The van der Waals surface area contributed by atoms with Crippen molar-refractivity contribution in [2.75, 3.05) is 6.61 Å². The Kier molecular flexibility index (Phi) is 4.57. The lowest BCUT2D eigenvalue weighted by Crippen LogP contribution is -2.40. The molecule has 1 aliphatic carbocycles. The van der Waals surface area contributed by atoms with Crippen LogP contribution in [0.25, 0.3) is 5.69 Å². The first-order valence-electron chi connectivity index (χ1n) is 7.55. The maximum Gasteiger partial charge on any atom is 0.170 e. The van der Waals surface area contributed by atoms with E-state index in [9.17, 15) is 5.11 Å². The molecule has 2 atom stereocenters. The van der Waals surface area contributed by atoms with Crippen LogP contribution in [0.4, 0.5) is 0 Å². The quantitative estimate of drug-likeness (QED) is 0.867. The summed E-state index contributed by atoms with van der Waals surface area (Å²) in [5.74, 6) is 1.14. The van der Waals surface area contributed by atoms with Gasteiger partial charge in [-0.3, -0.25) is 0 Å². The van der Waals surface area contributed by atoms with Gasteiger partial charge in [0.1, 0.15) is 0 Å². The van der Waals surface area contributed by atoms with E-state index in [0.717, 1.165) is 24.4 Å². The maximum absolute atomic E-state index is 9.47. The molecule has 0 radical (unpaired) electrons. The first-order valence-corrected chi connectivity index (χ1v) is 7.55. The molecule has 1 aromatic carbocycles. The fraction of sp³-hybridized carbons (Fsp3) is 0.533. The van der Waals surface area contributed by atoms with Crippen LogP contribution in [0.2, 0.25) is 0 Å². The largest absolute Gasteiger partial charge is 0.396 e. The molecule has 1 fully saturated rings. The molecular formula is C15H21N5O. The highest BCUT2D eigenvalue weighted by molar-refractivity contribution is 5.30. The van der Waals surface area contributed by atoms with Crippen LogP contribution >= 0.6 is 0 Å². The Morgan fingerprint density at radius 2 is 2.00 bits per heavy atom. The minimum Gasteiger partial charge on any atom is -0.396 e. The minimum absolute atomic E-state index is 0.251. The molecule has 1 heterocycles. The number of benzene rings is 1. The Balaban J connectivity index is 1.67. The lowest BCUT2D eigenvalue weighted by atomic mass is 9.85. The molecule has 112 valence electrons. The standard InChI is InChI=1S/C15H21N5O/c21-11-12-6-4-5-9-14(12)16-10-15-17-18-19-20(15)13-7-2-1-3-8-13/h1-3,7-8,12,14,16,21H,4-6,9-11H2. The Morgan fingerprint density at radius 3 is 2.81 bits per heavy atom. The Bertz CT molecular complexity index is 556. The topological polar surface area (TPSA) is 75.9 Å². The summed E-state index contributed by atoms with van der Waals surface area (Å²) in [5.41, 5.74) is 0.960. The van der Waals surface area contributed by atoms with Crippen molar-refractivity contribution in [3.63, 3.8) is 0 Å². The van der Waals surface area contributed by atoms with Crippen LogP contribution in [0.5, 0.6) is 0 Å². The van der Waals surface area contributed by atoms with Crippen LogP contribution in [-0.4, -0.2) is 38.0 Å². The monoisotopic (exact) mass is 287 g/mol. The fourth-order valence-electron chi connectivity index (χ4n) is 3.00. The molecule has 2 aromatic rings. The second-order valence-corrected chi connectivity index (χ2v) is 5.56. The van der Waals surface area contributed by atoms with E-state index in [0.29, 0.717) is 18.5 Å². The van der Waals surface area contributed by atoms with E-state index >= 15 is 0 Å². The highest BCUT2D eigenvalue weighted by atomic mass is 16.3. The second-order valence-electron chi connectivity index (χ2n) is 5.56. The maximum atomic E-state index is 9.47. The molecule has 0 saturated heterocycles. The zero-order chi connectivity index (χ0) is 14.5. The molecule has 6 heteroatoms. The van der Waals surface area contributed by atoms with Crippen molar-refractivity contribution in [2.45, 2.75) is 38.3 Å². The molecule has 1 aliphatic rings. The minimum atomic E-state index is 0.251. The van der Waals surface area contributed by atoms with Gasteiger partial charge in [-0.05, 0) is 41.3 Å². The van der Waals surface area contributed by atoms with E-state index in [1.807, 2.05) is 30.3 Å². The second kappa shape index (κ2) is 6.78. The molecule has 0 bridgehead atoms. The van der Waals surface area contributed by atoms with Crippen LogP contribution in [0.3, 0.4) is 0 Å². The smallest absolute Gasteiger partial charge is 0.170 e. The molecule has 0 aliphatic heterocycles. The number of hydrogen-bond acceptors (Lipinski definition) is 5. The summed E-state index contributed by atoms with van der Waals surface area (Å²) in [4.78, 5) is 0. The van der Waals surface area contributed by atoms with Crippen molar-refractivity contribution in [3.8, 4) is 5.69 Å². The molecule has 1 aromatic heterocycles. The van der Waals surface area contributed by atoms with E-state index in [-0.39, 0.29) is 6.61 Å². The summed E-state index contributed by atoms with van der Waals surface area (Å²) in [6.07, 6.45) is 4.64. The van der Waals surface area contributed by atoms with Gasteiger partial charge in [-0.25, -0.2) is 0 Å². The number of para-hydroxylation sites is 1. The van der Waals surface area contributed by atoms with Gasteiger partial charge in [-0.1, -0.05) is 31.0 Å². The first-order chi connectivity index (χ1) is 10.4. The number of nitrogens with zero attached hydrogens (tertiary/aromatic N) is 4. The molecule has 21 heavy (non-hydrogen) atoms. The summed E-state index contributed by atoms with van der Waals surface area (Å²) in [7, 11) is 0. The normalized spacial score (nSPS) is 22.3. The van der Waals surface area contributed by atoms with Crippen LogP contribution in [-0.2, 0) is 6.54 Å². The number of rotatable bonds is 5. The van der Waals surface area contributed by atoms with Crippen molar-refractivity contribution in [2.24, 2.45) is 5.92 Å². The molecule has 2 N–H and O–H groups in total. The van der Waals surface area contributed by atoms with E-state index in [2.05, 4.69) is 20.8 Å². The van der Waals surface area contributed by atoms with E-state index in [1.54, 1.807) is 4.68 Å². The molecule has 1 saturated carbocycles. The van der Waals surface area contributed by atoms with Crippen LogP contribution in [0.15, 0.2) is 30.3 Å². The highest BCUT2D eigenvalue weighted by Gasteiger charge is 2.24. The van der Waals surface area contributed by atoms with Crippen LogP contribution in [0.1, 0.15) is 31.5 Å². The average molecular weight is 287 g/mol. The summed E-state index contributed by atoms with van der Waals surface area (Å²) in [6.45, 7) is 0.865. The zero-order valence-corrected chi connectivity index (χ0v) is 12.0. The van der Waals surface area contributed by atoms with E-state index in [4.69, 9.17) is 0 Å². The molecule has 2 unspecified atom stereocenters. The number of aliphatic hydroxyl groups is 1. The fourth-order valence-corrected chi connectivity index (χ4v) is 3.00. The number of tetrazole rings is 1. The van der Waals surface area contributed by atoms with Crippen molar-refractivity contribution in [1.82, 2.24) is 25.5 Å². The van der Waals surface area contributed by atoms with Gasteiger partial charge >= 0.3 is 0 Å². The average Bonchev–Trinajstić information content (AvgIpc) is 3.02. The van der Waals surface area contributed by atoms with Gasteiger partial charge in [0.25, 0.3) is 0 Å². The first kappa shape index (κ1) is 14.2. The SMILES string of the molecule is OCC1CCCCC1NCc1nnnn1-c1ccccc1. The zero-order valence-electron chi connectivity index (χ0n) is 12.0. The summed E-state index contributed by atoms with van der Waals surface area (Å²) < 4.78 is 1.75. The number of hydrogen-bond donors (Lipinski definition) is 2. The van der Waals surface area contributed by atoms with Crippen molar-refractivity contribution >= 4 is 0 Å². The predicted octanol–water partition coefficient (Wildman–Crippen LogP) is 1.30. The van der Waals surface area contributed by atoms with Crippen LogP contribution in [0, 0.1) is 5.92 Å².